The average molecular weight is 288 g/mol. The Morgan fingerprint density at radius 1 is 1.10 bits per heavy atom. The molecule has 3 N–H and O–H groups in total. The van der Waals surface area contributed by atoms with Crippen molar-refractivity contribution in [3.05, 3.63) is 41.5 Å². The van der Waals surface area contributed by atoms with Gasteiger partial charge in [0.05, 0.1) is 13.7 Å². The lowest BCUT2D eigenvalue weighted by Gasteiger charge is -2.26. The number of phenolic OH excluding ortho intramolecular Hbond substituents is 3. The molecular formula is C16H16O5. The van der Waals surface area contributed by atoms with E-state index in [1.807, 2.05) is 6.07 Å². The lowest BCUT2D eigenvalue weighted by Crippen LogP contribution is -2.19. The molecule has 0 saturated heterocycles. The number of methoxy groups -OCH3 is 1. The van der Waals surface area contributed by atoms with Gasteiger partial charge in [-0.15, -0.1) is 0 Å². The SMILES string of the molecule is COc1cc([C@@H]2COc3cc(O)ccc3C2)c(O)cc1O. The van der Waals surface area contributed by atoms with E-state index in [0.717, 1.165) is 5.56 Å². The molecule has 1 aliphatic rings. The number of phenols is 3. The van der Waals surface area contributed by atoms with Gasteiger partial charge < -0.3 is 24.8 Å². The molecule has 0 unspecified atom stereocenters. The standard InChI is InChI=1S/C16H16O5/c1-20-16-6-12(13(18)7-14(16)19)10-4-9-2-3-11(17)5-15(9)21-8-10/h2-3,5-7,10,17-19H,4,8H2,1H3/t10-/m0/s1. The van der Waals surface area contributed by atoms with Crippen LogP contribution >= 0.6 is 0 Å². The second-order valence-electron chi connectivity index (χ2n) is 5.09. The second kappa shape index (κ2) is 5.09. The Morgan fingerprint density at radius 3 is 2.67 bits per heavy atom. The Balaban J connectivity index is 1.94. The summed E-state index contributed by atoms with van der Waals surface area (Å²) >= 11 is 0. The van der Waals surface area contributed by atoms with E-state index < -0.39 is 0 Å². The fourth-order valence-corrected chi connectivity index (χ4v) is 2.62. The highest BCUT2D eigenvalue weighted by atomic mass is 16.5. The van der Waals surface area contributed by atoms with Crippen molar-refractivity contribution in [2.45, 2.75) is 12.3 Å². The fraction of sp³-hybridized carbons (Fsp3) is 0.250. The molecule has 0 aliphatic carbocycles. The van der Waals surface area contributed by atoms with Crippen molar-refractivity contribution < 1.29 is 24.8 Å². The van der Waals surface area contributed by atoms with Crippen molar-refractivity contribution in [1.82, 2.24) is 0 Å². The third-order valence-corrected chi connectivity index (χ3v) is 3.73. The minimum Gasteiger partial charge on any atom is -0.508 e. The van der Waals surface area contributed by atoms with Gasteiger partial charge in [0.25, 0.3) is 0 Å². The van der Waals surface area contributed by atoms with Gasteiger partial charge in [0.2, 0.25) is 0 Å². The van der Waals surface area contributed by atoms with Crippen molar-refractivity contribution in [2.75, 3.05) is 13.7 Å². The van der Waals surface area contributed by atoms with Gasteiger partial charge in [0.1, 0.15) is 17.2 Å². The van der Waals surface area contributed by atoms with Crippen LogP contribution in [0.25, 0.3) is 0 Å². The summed E-state index contributed by atoms with van der Waals surface area (Å²) in [6.07, 6.45) is 0.678. The molecule has 1 aliphatic heterocycles. The Hall–Kier alpha value is -2.56. The molecule has 0 fully saturated rings. The highest BCUT2D eigenvalue weighted by molar-refractivity contribution is 5.52. The molecule has 2 aromatic carbocycles. The first kappa shape index (κ1) is 13.4. The topological polar surface area (TPSA) is 79.2 Å². The van der Waals surface area contributed by atoms with Crippen LogP contribution in [0, 0.1) is 0 Å². The third kappa shape index (κ3) is 2.42. The summed E-state index contributed by atoms with van der Waals surface area (Å²) < 4.78 is 10.7. The Kier molecular flexibility index (Phi) is 3.25. The Bertz CT molecular complexity index is 681. The summed E-state index contributed by atoms with van der Waals surface area (Å²) in [6, 6.07) is 7.92. The maximum Gasteiger partial charge on any atom is 0.161 e. The van der Waals surface area contributed by atoms with Crippen molar-refractivity contribution in [1.29, 1.82) is 0 Å². The molecule has 0 saturated carbocycles. The van der Waals surface area contributed by atoms with Gasteiger partial charge in [-0.3, -0.25) is 0 Å². The molecule has 3 rings (SSSR count). The zero-order chi connectivity index (χ0) is 15.0. The van der Waals surface area contributed by atoms with E-state index in [0.29, 0.717) is 30.1 Å². The number of hydrogen-bond acceptors (Lipinski definition) is 5. The van der Waals surface area contributed by atoms with Gasteiger partial charge in [-0.05, 0) is 24.1 Å². The molecule has 21 heavy (non-hydrogen) atoms. The molecule has 0 amide bonds. The Morgan fingerprint density at radius 2 is 1.90 bits per heavy atom. The Labute approximate surface area is 122 Å². The monoisotopic (exact) mass is 288 g/mol. The molecule has 5 heteroatoms. The summed E-state index contributed by atoms with van der Waals surface area (Å²) in [6.45, 7) is 0.387. The van der Waals surface area contributed by atoms with E-state index >= 15 is 0 Å². The zero-order valence-electron chi connectivity index (χ0n) is 11.5. The van der Waals surface area contributed by atoms with Gasteiger partial charge >= 0.3 is 0 Å². The minimum atomic E-state index is -0.0965. The van der Waals surface area contributed by atoms with Crippen molar-refractivity contribution in [3.8, 4) is 28.7 Å². The maximum absolute atomic E-state index is 10.0. The number of benzene rings is 2. The average Bonchev–Trinajstić information content (AvgIpc) is 2.47. The molecule has 0 spiro atoms. The lowest BCUT2D eigenvalue weighted by atomic mass is 9.89. The molecule has 0 bridgehead atoms. The van der Waals surface area contributed by atoms with Crippen LogP contribution in [0.4, 0.5) is 0 Å². The first-order valence-corrected chi connectivity index (χ1v) is 6.63. The summed E-state index contributed by atoms with van der Waals surface area (Å²) in [7, 11) is 1.46. The maximum atomic E-state index is 10.0. The van der Waals surface area contributed by atoms with Crippen LogP contribution in [-0.2, 0) is 6.42 Å². The first-order valence-electron chi connectivity index (χ1n) is 6.63. The summed E-state index contributed by atoms with van der Waals surface area (Å²) in [5, 5.41) is 29.2. The highest BCUT2D eigenvalue weighted by Crippen LogP contribution is 2.41. The molecule has 0 radical (unpaired) electrons. The van der Waals surface area contributed by atoms with Gasteiger partial charge in [-0.25, -0.2) is 0 Å². The largest absolute Gasteiger partial charge is 0.508 e. The zero-order valence-corrected chi connectivity index (χ0v) is 11.5. The van der Waals surface area contributed by atoms with Crippen molar-refractivity contribution in [2.24, 2.45) is 0 Å². The van der Waals surface area contributed by atoms with E-state index in [9.17, 15) is 15.3 Å². The lowest BCUT2D eigenvalue weighted by molar-refractivity contribution is 0.257. The van der Waals surface area contributed by atoms with E-state index in [2.05, 4.69) is 0 Å². The summed E-state index contributed by atoms with van der Waals surface area (Å²) in [4.78, 5) is 0. The smallest absolute Gasteiger partial charge is 0.161 e. The fourth-order valence-electron chi connectivity index (χ4n) is 2.62. The van der Waals surface area contributed by atoms with Crippen LogP contribution in [0.15, 0.2) is 30.3 Å². The van der Waals surface area contributed by atoms with Gasteiger partial charge in [0.15, 0.2) is 11.5 Å². The predicted molar refractivity (Wildman–Crippen MR) is 76.4 cm³/mol. The molecule has 1 atom stereocenters. The van der Waals surface area contributed by atoms with Crippen LogP contribution < -0.4 is 9.47 Å². The van der Waals surface area contributed by atoms with Crippen LogP contribution in [-0.4, -0.2) is 29.0 Å². The van der Waals surface area contributed by atoms with E-state index in [-0.39, 0.29) is 23.2 Å². The molecular weight excluding hydrogens is 272 g/mol. The van der Waals surface area contributed by atoms with E-state index in [1.165, 1.54) is 13.2 Å². The van der Waals surface area contributed by atoms with Gasteiger partial charge in [0, 0.05) is 23.6 Å². The quantitative estimate of drug-likeness (QED) is 0.791. The van der Waals surface area contributed by atoms with Gasteiger partial charge in [-0.1, -0.05) is 6.07 Å². The van der Waals surface area contributed by atoms with E-state index in [1.54, 1.807) is 18.2 Å². The van der Waals surface area contributed by atoms with Crippen molar-refractivity contribution in [3.63, 3.8) is 0 Å². The minimum absolute atomic E-state index is 0.0177. The molecule has 1 heterocycles. The molecule has 110 valence electrons. The van der Waals surface area contributed by atoms with Gasteiger partial charge in [-0.2, -0.15) is 0 Å². The normalized spacial score (nSPS) is 16.9. The number of rotatable bonds is 2. The van der Waals surface area contributed by atoms with Crippen LogP contribution in [0.3, 0.4) is 0 Å². The summed E-state index contributed by atoms with van der Waals surface area (Å²) in [5.74, 6) is 1.03. The summed E-state index contributed by atoms with van der Waals surface area (Å²) in [5.41, 5.74) is 1.64. The van der Waals surface area contributed by atoms with Crippen molar-refractivity contribution >= 4 is 0 Å². The predicted octanol–water partition coefficient (Wildman–Crippen LogP) is 2.53. The highest BCUT2D eigenvalue weighted by Gasteiger charge is 2.25. The van der Waals surface area contributed by atoms with E-state index in [4.69, 9.17) is 9.47 Å². The van der Waals surface area contributed by atoms with Crippen LogP contribution in [0.1, 0.15) is 17.0 Å². The number of fused-ring (bicyclic) bond motifs is 1. The number of ether oxygens (including phenoxy) is 2. The first-order chi connectivity index (χ1) is 10.1. The second-order valence-corrected chi connectivity index (χ2v) is 5.09. The van der Waals surface area contributed by atoms with Crippen LogP contribution in [0.5, 0.6) is 28.7 Å². The molecule has 2 aromatic rings. The van der Waals surface area contributed by atoms with Crippen LogP contribution in [0.2, 0.25) is 0 Å². The molecule has 0 aromatic heterocycles. The number of hydrogen-bond donors (Lipinski definition) is 3. The number of aromatic hydroxyl groups is 3. The third-order valence-electron chi connectivity index (χ3n) is 3.73. The molecule has 5 nitrogen and oxygen atoms in total.